The van der Waals surface area contributed by atoms with Crippen LogP contribution < -0.4 is 4.90 Å². The highest BCUT2D eigenvalue weighted by Gasteiger charge is 2.48. The number of nitrogens with zero attached hydrogens (tertiary/aromatic N) is 1. The Bertz CT molecular complexity index is 1000. The number of rotatable bonds is 6. The summed E-state index contributed by atoms with van der Waals surface area (Å²) < 4.78 is 26.8. The van der Waals surface area contributed by atoms with Crippen molar-refractivity contribution in [3.8, 4) is 5.75 Å². The number of benzene rings is 3. The first-order valence-corrected chi connectivity index (χ1v) is 9.65. The van der Waals surface area contributed by atoms with Gasteiger partial charge in [-0.05, 0) is 72.9 Å². The Morgan fingerprint density at radius 2 is 1.62 bits per heavy atom. The molecule has 29 heavy (non-hydrogen) atoms. The van der Waals surface area contributed by atoms with E-state index in [9.17, 15) is 18.7 Å². The quantitative estimate of drug-likeness (QED) is 0.570. The SMILES string of the molecule is O=C1[C@H](CCCc2ccc(F)cc2)[C@@H](c2ccc(O)cc2)N1c1cccc(F)c1. The van der Waals surface area contributed by atoms with Gasteiger partial charge in [0.2, 0.25) is 5.91 Å². The Kier molecular flexibility index (Phi) is 5.30. The molecule has 0 aromatic heterocycles. The van der Waals surface area contributed by atoms with Crippen LogP contribution in [0.25, 0.3) is 0 Å². The lowest BCUT2D eigenvalue weighted by Crippen LogP contribution is -2.55. The second-order valence-electron chi connectivity index (χ2n) is 7.35. The number of anilines is 1. The second-order valence-corrected chi connectivity index (χ2v) is 7.35. The van der Waals surface area contributed by atoms with Gasteiger partial charge in [0.25, 0.3) is 0 Å². The van der Waals surface area contributed by atoms with Crippen LogP contribution in [0.1, 0.15) is 30.0 Å². The normalized spacial score (nSPS) is 18.6. The summed E-state index contributed by atoms with van der Waals surface area (Å²) in [6.07, 6.45) is 2.22. The third-order valence-corrected chi connectivity index (χ3v) is 5.43. The van der Waals surface area contributed by atoms with Crippen LogP contribution in [0.15, 0.2) is 72.8 Å². The molecule has 0 spiro atoms. The number of hydrogen-bond acceptors (Lipinski definition) is 2. The number of phenols is 1. The van der Waals surface area contributed by atoms with Crippen molar-refractivity contribution in [2.24, 2.45) is 5.92 Å². The summed E-state index contributed by atoms with van der Waals surface area (Å²) in [6.45, 7) is 0. The minimum atomic E-state index is -0.389. The van der Waals surface area contributed by atoms with Gasteiger partial charge in [0, 0.05) is 5.69 Å². The molecule has 0 radical (unpaired) electrons. The number of phenolic OH excluding ortho intramolecular Hbond substituents is 1. The van der Waals surface area contributed by atoms with E-state index in [0.29, 0.717) is 12.1 Å². The van der Waals surface area contributed by atoms with Crippen LogP contribution >= 0.6 is 0 Å². The highest BCUT2D eigenvalue weighted by Crippen LogP contribution is 2.46. The lowest BCUT2D eigenvalue weighted by atomic mass is 9.78. The van der Waals surface area contributed by atoms with Gasteiger partial charge in [-0.25, -0.2) is 8.78 Å². The molecular formula is C24H21F2NO2. The first kappa shape index (κ1) is 19.1. The molecule has 1 N–H and O–H groups in total. The maximum atomic E-state index is 13.7. The fourth-order valence-electron chi connectivity index (χ4n) is 3.97. The molecule has 0 bridgehead atoms. The van der Waals surface area contributed by atoms with Crippen molar-refractivity contribution in [1.29, 1.82) is 0 Å². The molecule has 3 nitrogen and oxygen atoms in total. The van der Waals surface area contributed by atoms with Crippen LogP contribution in [0.2, 0.25) is 0 Å². The van der Waals surface area contributed by atoms with Gasteiger partial charge in [0.05, 0.1) is 12.0 Å². The van der Waals surface area contributed by atoms with Crippen LogP contribution in [0.3, 0.4) is 0 Å². The van der Waals surface area contributed by atoms with Crippen LogP contribution in [-0.4, -0.2) is 11.0 Å². The Balaban J connectivity index is 1.53. The molecular weight excluding hydrogens is 372 g/mol. The van der Waals surface area contributed by atoms with E-state index < -0.39 is 0 Å². The average Bonchev–Trinajstić information content (AvgIpc) is 2.71. The zero-order valence-electron chi connectivity index (χ0n) is 15.8. The third-order valence-electron chi connectivity index (χ3n) is 5.43. The Labute approximate surface area is 168 Å². The average molecular weight is 393 g/mol. The Morgan fingerprint density at radius 3 is 2.31 bits per heavy atom. The van der Waals surface area contributed by atoms with Crippen LogP contribution in [0.4, 0.5) is 14.5 Å². The maximum absolute atomic E-state index is 13.7. The van der Waals surface area contributed by atoms with Crippen molar-refractivity contribution in [2.75, 3.05) is 4.90 Å². The van der Waals surface area contributed by atoms with E-state index in [4.69, 9.17) is 0 Å². The Hall–Kier alpha value is -3.21. The summed E-state index contributed by atoms with van der Waals surface area (Å²) in [5.74, 6) is -0.749. The molecule has 3 aromatic carbocycles. The van der Waals surface area contributed by atoms with E-state index in [1.165, 1.54) is 24.3 Å². The first-order chi connectivity index (χ1) is 14.0. The van der Waals surface area contributed by atoms with Crippen molar-refractivity contribution in [3.63, 3.8) is 0 Å². The van der Waals surface area contributed by atoms with E-state index >= 15 is 0 Å². The molecule has 0 unspecified atom stereocenters. The monoisotopic (exact) mass is 393 g/mol. The number of amides is 1. The maximum Gasteiger partial charge on any atom is 0.233 e. The van der Waals surface area contributed by atoms with Crippen LogP contribution in [-0.2, 0) is 11.2 Å². The molecule has 4 rings (SSSR count). The number of halogens is 2. The molecule has 1 amide bonds. The number of carbonyl (C=O) groups is 1. The van der Waals surface area contributed by atoms with Gasteiger partial charge in [-0.3, -0.25) is 4.79 Å². The molecule has 1 aliphatic rings. The van der Waals surface area contributed by atoms with Crippen molar-refractivity contribution >= 4 is 11.6 Å². The Morgan fingerprint density at radius 1 is 0.897 bits per heavy atom. The predicted molar refractivity (Wildman–Crippen MR) is 108 cm³/mol. The lowest BCUT2D eigenvalue weighted by molar-refractivity contribution is -0.130. The number of aryl methyl sites for hydroxylation is 1. The molecule has 1 aliphatic heterocycles. The third kappa shape index (κ3) is 3.99. The van der Waals surface area contributed by atoms with Crippen molar-refractivity contribution in [3.05, 3.63) is 95.6 Å². The van der Waals surface area contributed by atoms with Gasteiger partial charge in [-0.1, -0.05) is 30.3 Å². The minimum Gasteiger partial charge on any atom is -0.508 e. The molecule has 1 saturated heterocycles. The predicted octanol–water partition coefficient (Wildman–Crippen LogP) is 5.40. The molecule has 0 aliphatic carbocycles. The van der Waals surface area contributed by atoms with Crippen LogP contribution in [0.5, 0.6) is 5.75 Å². The fraction of sp³-hybridized carbons (Fsp3) is 0.208. The van der Waals surface area contributed by atoms with E-state index in [1.54, 1.807) is 53.4 Å². The van der Waals surface area contributed by atoms with Crippen molar-refractivity contribution in [1.82, 2.24) is 0 Å². The molecule has 3 aromatic rings. The summed E-state index contributed by atoms with van der Waals surface area (Å²) in [6, 6.07) is 19.0. The summed E-state index contributed by atoms with van der Waals surface area (Å²) in [5, 5.41) is 9.60. The largest absolute Gasteiger partial charge is 0.508 e. The van der Waals surface area contributed by atoms with Gasteiger partial charge < -0.3 is 10.0 Å². The summed E-state index contributed by atoms with van der Waals surface area (Å²) in [4.78, 5) is 14.5. The lowest BCUT2D eigenvalue weighted by Gasteiger charge is -2.47. The smallest absolute Gasteiger partial charge is 0.233 e. The zero-order valence-corrected chi connectivity index (χ0v) is 15.8. The van der Waals surface area contributed by atoms with E-state index in [2.05, 4.69) is 0 Å². The number of carbonyl (C=O) groups excluding carboxylic acids is 1. The van der Waals surface area contributed by atoms with Gasteiger partial charge >= 0.3 is 0 Å². The summed E-state index contributed by atoms with van der Waals surface area (Å²) in [7, 11) is 0. The van der Waals surface area contributed by atoms with Gasteiger partial charge in [-0.2, -0.15) is 0 Å². The second kappa shape index (κ2) is 8.03. The molecule has 1 heterocycles. The van der Waals surface area contributed by atoms with E-state index in [0.717, 1.165) is 24.0 Å². The fourth-order valence-corrected chi connectivity index (χ4v) is 3.97. The highest BCUT2D eigenvalue weighted by molar-refractivity contribution is 6.03. The summed E-state index contributed by atoms with van der Waals surface area (Å²) in [5.41, 5.74) is 2.46. The topological polar surface area (TPSA) is 40.5 Å². The van der Waals surface area contributed by atoms with Crippen molar-refractivity contribution in [2.45, 2.75) is 25.3 Å². The van der Waals surface area contributed by atoms with Gasteiger partial charge in [0.1, 0.15) is 17.4 Å². The van der Waals surface area contributed by atoms with Crippen molar-refractivity contribution < 1.29 is 18.7 Å². The standard InChI is InChI=1S/C24H21F2NO2/c25-18-11-7-16(8-12-18)3-1-6-22-23(17-9-13-21(28)14-10-17)27(24(22)29)20-5-2-4-19(26)15-20/h2,4-5,7-15,22-23,28H,1,3,6H2/t22-,23-/m1/s1. The zero-order chi connectivity index (χ0) is 20.4. The van der Waals surface area contributed by atoms with Crippen LogP contribution in [0, 0.1) is 17.6 Å². The minimum absolute atomic E-state index is 0.0345. The summed E-state index contributed by atoms with van der Waals surface area (Å²) >= 11 is 0. The number of β-lactam (4-membered cyclic amide) rings is 1. The molecule has 1 fully saturated rings. The molecule has 148 valence electrons. The van der Waals surface area contributed by atoms with Gasteiger partial charge in [-0.15, -0.1) is 0 Å². The van der Waals surface area contributed by atoms with Gasteiger partial charge in [0.15, 0.2) is 0 Å². The molecule has 5 heteroatoms. The molecule has 2 atom stereocenters. The van der Waals surface area contributed by atoms with E-state index in [1.807, 2.05) is 0 Å². The van der Waals surface area contributed by atoms with E-state index in [-0.39, 0.29) is 35.3 Å². The number of hydrogen-bond donors (Lipinski definition) is 1. The molecule has 0 saturated carbocycles. The highest BCUT2D eigenvalue weighted by atomic mass is 19.1. The number of aromatic hydroxyl groups is 1. The first-order valence-electron chi connectivity index (χ1n) is 9.65.